The molecule has 1 saturated heterocycles. The van der Waals surface area contributed by atoms with Gasteiger partial charge in [0, 0.05) is 6.61 Å². The van der Waals surface area contributed by atoms with E-state index in [-0.39, 0.29) is 0 Å². The highest BCUT2D eigenvalue weighted by Crippen LogP contribution is 2.51. The molecule has 1 aliphatic carbocycles. The van der Waals surface area contributed by atoms with Crippen LogP contribution in [0.15, 0.2) is 0 Å². The molecule has 0 spiro atoms. The molecule has 2 atom stereocenters. The van der Waals surface area contributed by atoms with Gasteiger partial charge in [-0.25, -0.2) is 0 Å². The van der Waals surface area contributed by atoms with Gasteiger partial charge in [0.15, 0.2) is 0 Å². The van der Waals surface area contributed by atoms with Gasteiger partial charge in [-0.15, -0.1) is 0 Å². The number of rotatable bonds is 4. The molecule has 2 unspecified atom stereocenters. The molecule has 1 heterocycles. The van der Waals surface area contributed by atoms with Crippen LogP contribution in [-0.4, -0.2) is 13.2 Å². The molecule has 1 saturated carbocycles. The maximum absolute atomic E-state index is 6.14. The topological polar surface area (TPSA) is 9.23 Å². The Balaban J connectivity index is 1.96. The molecule has 0 aromatic heterocycles. The van der Waals surface area contributed by atoms with Crippen molar-refractivity contribution < 1.29 is 4.74 Å². The predicted octanol–water partition coefficient (Wildman–Crippen LogP) is 5.05. The normalized spacial score (nSPS) is 37.0. The summed E-state index contributed by atoms with van der Waals surface area (Å²) < 4.78 is 6.14. The van der Waals surface area contributed by atoms with E-state index >= 15 is 0 Å². The highest BCUT2D eigenvalue weighted by Gasteiger charge is 2.44. The molecule has 0 N–H and O–H groups in total. The summed E-state index contributed by atoms with van der Waals surface area (Å²) in [4.78, 5) is 0. The first kappa shape index (κ1) is 14.4. The van der Waals surface area contributed by atoms with Crippen molar-refractivity contribution in [2.24, 2.45) is 22.7 Å². The van der Waals surface area contributed by atoms with Crippen molar-refractivity contribution in [1.82, 2.24) is 0 Å². The lowest BCUT2D eigenvalue weighted by molar-refractivity contribution is -0.0433. The Morgan fingerprint density at radius 3 is 2.44 bits per heavy atom. The molecule has 1 heteroatoms. The SMILES string of the molecule is CCCCC1COCC(C)(C2CC2)CCC1(C)C. The van der Waals surface area contributed by atoms with Gasteiger partial charge in [0.2, 0.25) is 0 Å². The van der Waals surface area contributed by atoms with Crippen LogP contribution < -0.4 is 0 Å². The van der Waals surface area contributed by atoms with Gasteiger partial charge in [-0.3, -0.25) is 0 Å². The molecule has 18 heavy (non-hydrogen) atoms. The van der Waals surface area contributed by atoms with Crippen LogP contribution in [0, 0.1) is 22.7 Å². The van der Waals surface area contributed by atoms with Crippen molar-refractivity contribution >= 4 is 0 Å². The maximum atomic E-state index is 6.14. The fraction of sp³-hybridized carbons (Fsp3) is 1.00. The Labute approximate surface area is 114 Å². The summed E-state index contributed by atoms with van der Waals surface area (Å²) in [5, 5.41) is 0. The Kier molecular flexibility index (Phi) is 4.41. The van der Waals surface area contributed by atoms with Gasteiger partial charge in [-0.05, 0) is 54.8 Å². The van der Waals surface area contributed by atoms with Crippen molar-refractivity contribution in [3.63, 3.8) is 0 Å². The Hall–Kier alpha value is -0.0400. The zero-order valence-corrected chi connectivity index (χ0v) is 12.9. The van der Waals surface area contributed by atoms with Crippen molar-refractivity contribution in [2.75, 3.05) is 13.2 Å². The summed E-state index contributed by atoms with van der Waals surface area (Å²) in [5.74, 6) is 1.72. The van der Waals surface area contributed by atoms with E-state index in [9.17, 15) is 0 Å². The molecule has 0 bridgehead atoms. The first-order valence-corrected chi connectivity index (χ1v) is 8.06. The smallest absolute Gasteiger partial charge is 0.0522 e. The van der Waals surface area contributed by atoms with Gasteiger partial charge in [-0.1, -0.05) is 40.5 Å². The van der Waals surface area contributed by atoms with E-state index in [4.69, 9.17) is 4.74 Å². The quantitative estimate of drug-likeness (QED) is 0.680. The first-order chi connectivity index (χ1) is 8.48. The zero-order valence-electron chi connectivity index (χ0n) is 12.9. The molecule has 2 fully saturated rings. The predicted molar refractivity (Wildman–Crippen MR) is 77.7 cm³/mol. The minimum Gasteiger partial charge on any atom is -0.381 e. The van der Waals surface area contributed by atoms with E-state index in [1.807, 2.05) is 0 Å². The van der Waals surface area contributed by atoms with Crippen LogP contribution in [0.2, 0.25) is 0 Å². The maximum Gasteiger partial charge on any atom is 0.0522 e. The Morgan fingerprint density at radius 2 is 1.83 bits per heavy atom. The fourth-order valence-electron chi connectivity index (χ4n) is 3.57. The number of hydrogen-bond donors (Lipinski definition) is 0. The summed E-state index contributed by atoms with van der Waals surface area (Å²) in [7, 11) is 0. The van der Waals surface area contributed by atoms with Gasteiger partial charge in [-0.2, -0.15) is 0 Å². The van der Waals surface area contributed by atoms with E-state index < -0.39 is 0 Å². The summed E-state index contributed by atoms with van der Waals surface area (Å²) >= 11 is 0. The molecule has 106 valence electrons. The van der Waals surface area contributed by atoms with Crippen LogP contribution in [0.25, 0.3) is 0 Å². The third-order valence-electron chi connectivity index (χ3n) is 5.67. The lowest BCUT2D eigenvalue weighted by Crippen LogP contribution is -2.37. The van der Waals surface area contributed by atoms with Crippen LogP contribution in [-0.2, 0) is 4.74 Å². The second-order valence-electron chi connectivity index (χ2n) is 7.77. The second kappa shape index (κ2) is 5.53. The minimum atomic E-state index is 0.464. The largest absolute Gasteiger partial charge is 0.381 e. The monoisotopic (exact) mass is 252 g/mol. The van der Waals surface area contributed by atoms with Crippen LogP contribution in [0.4, 0.5) is 0 Å². The van der Waals surface area contributed by atoms with E-state index in [2.05, 4.69) is 27.7 Å². The Bertz CT molecular complexity index is 267. The number of unbranched alkanes of at least 4 members (excludes halogenated alkanes) is 1. The van der Waals surface area contributed by atoms with Crippen molar-refractivity contribution in [2.45, 2.75) is 72.6 Å². The average molecular weight is 252 g/mol. The van der Waals surface area contributed by atoms with E-state index in [1.54, 1.807) is 0 Å². The van der Waals surface area contributed by atoms with Gasteiger partial charge in [0.1, 0.15) is 0 Å². The third-order valence-corrected chi connectivity index (χ3v) is 5.67. The molecule has 0 aromatic rings. The standard InChI is InChI=1S/C17H32O/c1-5-6-7-15-12-18-13-17(4,14-8-9-14)11-10-16(15,2)3/h14-15H,5-13H2,1-4H3. The van der Waals surface area contributed by atoms with Crippen LogP contribution in [0.5, 0.6) is 0 Å². The van der Waals surface area contributed by atoms with Gasteiger partial charge < -0.3 is 4.74 Å². The highest BCUT2D eigenvalue weighted by molar-refractivity contribution is 4.94. The van der Waals surface area contributed by atoms with Gasteiger partial charge in [0.25, 0.3) is 0 Å². The third kappa shape index (κ3) is 3.29. The summed E-state index contributed by atoms with van der Waals surface area (Å²) in [6.45, 7) is 11.7. The summed E-state index contributed by atoms with van der Waals surface area (Å²) in [5.41, 5.74) is 0.943. The molecule has 0 aromatic carbocycles. The van der Waals surface area contributed by atoms with E-state index in [0.29, 0.717) is 10.8 Å². The summed E-state index contributed by atoms with van der Waals surface area (Å²) in [6.07, 6.45) is 9.66. The van der Waals surface area contributed by atoms with Crippen LogP contribution in [0.1, 0.15) is 72.6 Å². The average Bonchev–Trinajstić information content (AvgIpc) is 3.14. The zero-order chi connectivity index (χ0) is 13.2. The number of hydrogen-bond acceptors (Lipinski definition) is 1. The molecule has 1 nitrogen and oxygen atoms in total. The molecular formula is C17H32O. The fourth-order valence-corrected chi connectivity index (χ4v) is 3.57. The lowest BCUT2D eigenvalue weighted by atomic mass is 9.68. The van der Waals surface area contributed by atoms with Crippen molar-refractivity contribution in [1.29, 1.82) is 0 Å². The molecule has 2 rings (SSSR count). The van der Waals surface area contributed by atoms with Gasteiger partial charge in [0.05, 0.1) is 6.61 Å². The molecular weight excluding hydrogens is 220 g/mol. The lowest BCUT2D eigenvalue weighted by Gasteiger charge is -2.42. The number of ether oxygens (including phenoxy) is 1. The molecule has 1 aliphatic heterocycles. The van der Waals surface area contributed by atoms with E-state index in [0.717, 1.165) is 25.0 Å². The summed E-state index contributed by atoms with van der Waals surface area (Å²) in [6, 6.07) is 0. The van der Waals surface area contributed by atoms with Crippen molar-refractivity contribution in [3.05, 3.63) is 0 Å². The molecule has 0 amide bonds. The molecule has 0 radical (unpaired) electrons. The Morgan fingerprint density at radius 1 is 1.11 bits per heavy atom. The van der Waals surface area contributed by atoms with Crippen LogP contribution in [0.3, 0.4) is 0 Å². The van der Waals surface area contributed by atoms with Crippen LogP contribution >= 0.6 is 0 Å². The first-order valence-electron chi connectivity index (χ1n) is 8.06. The highest BCUT2D eigenvalue weighted by atomic mass is 16.5. The molecule has 2 aliphatic rings. The second-order valence-corrected chi connectivity index (χ2v) is 7.77. The van der Waals surface area contributed by atoms with E-state index in [1.165, 1.54) is 44.9 Å². The van der Waals surface area contributed by atoms with Crippen molar-refractivity contribution in [3.8, 4) is 0 Å². The van der Waals surface area contributed by atoms with Gasteiger partial charge >= 0.3 is 0 Å². The minimum absolute atomic E-state index is 0.464.